The summed E-state index contributed by atoms with van der Waals surface area (Å²) in [5, 5.41) is 0. The lowest BCUT2D eigenvalue weighted by atomic mass is 9.46. The first-order chi connectivity index (χ1) is 14.9. The van der Waals surface area contributed by atoms with E-state index in [1.165, 1.54) is 50.4 Å². The van der Waals surface area contributed by atoms with Gasteiger partial charge in [-0.3, -0.25) is 4.79 Å². The number of aldehydes is 1. The van der Waals surface area contributed by atoms with Gasteiger partial charge >= 0.3 is 0 Å². The number of fused-ring (bicyclic) bond motifs is 4. The average Bonchev–Trinajstić information content (AvgIpc) is 3.12. The Morgan fingerprint density at radius 1 is 0.969 bits per heavy atom. The molecule has 0 aliphatic heterocycles. The molecular weight excluding hydrogens is 392 g/mol. The van der Waals surface area contributed by atoms with Crippen molar-refractivity contribution in [3.05, 3.63) is 12.2 Å². The number of hydrogen-bond donors (Lipinski definition) is 0. The molecule has 0 N–H and O–H groups in total. The molecule has 4 rings (SSSR count). The summed E-state index contributed by atoms with van der Waals surface area (Å²) in [6.45, 7) is 18.6. The number of allylic oxidation sites excluding steroid dienone is 1. The normalized spacial score (nSPS) is 48.8. The van der Waals surface area contributed by atoms with E-state index in [0.717, 1.165) is 32.1 Å². The molecule has 0 spiro atoms. The highest BCUT2D eigenvalue weighted by molar-refractivity contribution is 5.85. The fraction of sp³-hybridized carbons (Fsp3) is 0.867. The maximum absolute atomic E-state index is 12.9. The van der Waals surface area contributed by atoms with Crippen molar-refractivity contribution in [2.45, 2.75) is 112 Å². The molecule has 32 heavy (non-hydrogen) atoms. The van der Waals surface area contributed by atoms with Gasteiger partial charge in [0, 0.05) is 17.3 Å². The van der Waals surface area contributed by atoms with E-state index < -0.39 is 0 Å². The van der Waals surface area contributed by atoms with Gasteiger partial charge in [-0.1, -0.05) is 53.2 Å². The second-order valence-corrected chi connectivity index (χ2v) is 13.7. The predicted molar refractivity (Wildman–Crippen MR) is 132 cm³/mol. The molecule has 0 bridgehead atoms. The average molecular weight is 441 g/mol. The van der Waals surface area contributed by atoms with Gasteiger partial charge in [0.25, 0.3) is 0 Å². The van der Waals surface area contributed by atoms with E-state index in [-0.39, 0.29) is 21.7 Å². The minimum Gasteiger partial charge on any atom is -0.303 e. The number of rotatable bonds is 2. The Labute approximate surface area is 197 Å². The van der Waals surface area contributed by atoms with Crippen molar-refractivity contribution < 1.29 is 9.59 Å². The Morgan fingerprint density at radius 3 is 2.34 bits per heavy atom. The SMILES string of the molecule is C=C(C)C1CCC2(C=O)CCC3(C)C(C)CCC4C(C)(CCCC3C12)CCC(=O)C4(C)C. The zero-order valence-corrected chi connectivity index (χ0v) is 21.8. The molecule has 2 nitrogen and oxygen atoms in total. The van der Waals surface area contributed by atoms with Crippen LogP contribution in [0.15, 0.2) is 12.2 Å². The van der Waals surface area contributed by atoms with Crippen molar-refractivity contribution in [2.24, 2.45) is 51.2 Å². The van der Waals surface area contributed by atoms with Gasteiger partial charge in [0.05, 0.1) is 0 Å². The first-order valence-corrected chi connectivity index (χ1v) is 13.6. The Morgan fingerprint density at radius 2 is 1.69 bits per heavy atom. The van der Waals surface area contributed by atoms with E-state index in [9.17, 15) is 9.59 Å². The molecule has 4 aliphatic carbocycles. The molecule has 0 saturated heterocycles. The molecule has 0 heterocycles. The van der Waals surface area contributed by atoms with Crippen LogP contribution >= 0.6 is 0 Å². The van der Waals surface area contributed by atoms with Gasteiger partial charge < -0.3 is 4.79 Å². The molecule has 0 aromatic carbocycles. The van der Waals surface area contributed by atoms with E-state index in [0.29, 0.717) is 35.4 Å². The Bertz CT molecular complexity index is 780. The van der Waals surface area contributed by atoms with Crippen molar-refractivity contribution in [3.63, 3.8) is 0 Å². The van der Waals surface area contributed by atoms with Gasteiger partial charge in [-0.2, -0.15) is 0 Å². The van der Waals surface area contributed by atoms with Gasteiger partial charge in [-0.15, -0.1) is 0 Å². The van der Waals surface area contributed by atoms with Gasteiger partial charge in [-0.25, -0.2) is 0 Å². The second kappa shape index (κ2) is 8.09. The minimum absolute atomic E-state index is 0.108. The molecule has 0 aromatic heterocycles. The lowest BCUT2D eigenvalue weighted by molar-refractivity contribution is -0.143. The van der Waals surface area contributed by atoms with Crippen molar-refractivity contribution in [1.82, 2.24) is 0 Å². The molecule has 2 heteroatoms. The fourth-order valence-electron chi connectivity index (χ4n) is 9.55. The second-order valence-electron chi connectivity index (χ2n) is 13.7. The van der Waals surface area contributed by atoms with Gasteiger partial charge in [0.15, 0.2) is 0 Å². The summed E-state index contributed by atoms with van der Waals surface area (Å²) in [5.41, 5.74) is 1.55. The summed E-state index contributed by atoms with van der Waals surface area (Å²) in [7, 11) is 0. The smallest absolute Gasteiger partial charge is 0.138 e. The lowest BCUT2D eigenvalue weighted by Crippen LogP contribution is -2.52. The van der Waals surface area contributed by atoms with E-state index >= 15 is 0 Å². The zero-order chi connectivity index (χ0) is 23.5. The van der Waals surface area contributed by atoms with Crippen molar-refractivity contribution >= 4 is 12.1 Å². The van der Waals surface area contributed by atoms with Crippen LogP contribution in [0.1, 0.15) is 112 Å². The predicted octanol–water partition coefficient (Wildman–Crippen LogP) is 7.80. The summed E-state index contributed by atoms with van der Waals surface area (Å²) in [5.74, 6) is 3.20. The van der Waals surface area contributed by atoms with Crippen LogP contribution in [0.3, 0.4) is 0 Å². The zero-order valence-electron chi connectivity index (χ0n) is 21.8. The molecule has 4 aliphatic rings. The van der Waals surface area contributed by atoms with E-state index in [1.54, 1.807) is 0 Å². The van der Waals surface area contributed by atoms with Crippen LogP contribution in [0.5, 0.6) is 0 Å². The fourth-order valence-corrected chi connectivity index (χ4v) is 9.55. The highest BCUT2D eigenvalue weighted by Gasteiger charge is 2.60. The topological polar surface area (TPSA) is 34.1 Å². The van der Waals surface area contributed by atoms with E-state index in [4.69, 9.17) is 0 Å². The first kappa shape index (κ1) is 24.2. The highest BCUT2D eigenvalue weighted by Crippen LogP contribution is 2.66. The maximum atomic E-state index is 12.9. The summed E-state index contributed by atoms with van der Waals surface area (Å²) >= 11 is 0. The molecule has 8 unspecified atom stereocenters. The van der Waals surface area contributed by atoms with Crippen LogP contribution in [0.4, 0.5) is 0 Å². The minimum atomic E-state index is -0.193. The highest BCUT2D eigenvalue weighted by atomic mass is 16.1. The van der Waals surface area contributed by atoms with Crippen LogP contribution < -0.4 is 0 Å². The molecule has 0 amide bonds. The van der Waals surface area contributed by atoms with Crippen molar-refractivity contribution in [1.29, 1.82) is 0 Å². The van der Waals surface area contributed by atoms with Crippen LogP contribution in [-0.2, 0) is 9.59 Å². The quantitative estimate of drug-likeness (QED) is 0.324. The summed E-state index contributed by atoms with van der Waals surface area (Å²) in [4.78, 5) is 25.4. The summed E-state index contributed by atoms with van der Waals surface area (Å²) in [6.07, 6.45) is 13.7. The van der Waals surface area contributed by atoms with Gasteiger partial charge in [0.2, 0.25) is 0 Å². The van der Waals surface area contributed by atoms with Gasteiger partial charge in [0.1, 0.15) is 12.1 Å². The molecular formula is C30H48O2. The van der Waals surface area contributed by atoms with Crippen molar-refractivity contribution in [3.8, 4) is 0 Å². The first-order valence-electron chi connectivity index (χ1n) is 13.6. The molecule has 4 fully saturated rings. The van der Waals surface area contributed by atoms with Crippen LogP contribution in [0.2, 0.25) is 0 Å². The number of carbonyl (C=O) groups is 2. The third-order valence-corrected chi connectivity index (χ3v) is 11.9. The number of ketones is 1. The maximum Gasteiger partial charge on any atom is 0.138 e. The van der Waals surface area contributed by atoms with Crippen LogP contribution in [-0.4, -0.2) is 12.1 Å². The summed E-state index contributed by atoms with van der Waals surface area (Å²) in [6, 6.07) is 0. The number of hydrogen-bond acceptors (Lipinski definition) is 2. The summed E-state index contributed by atoms with van der Waals surface area (Å²) < 4.78 is 0. The standard InChI is InChI=1S/C30H48O2/c1-20(2)22-12-16-30(19-31)18-17-29(7)21(3)10-11-24-27(4,5)25(32)13-15-28(24,6)14-8-9-23(29)26(22)30/h19,21-24,26H,1,8-18H2,2-7H3. The number of Topliss-reactive ketones (excluding diaryl/α,β-unsaturated/α-hetero) is 1. The molecule has 0 aromatic rings. The van der Waals surface area contributed by atoms with Crippen LogP contribution in [0, 0.1) is 51.2 Å². The third kappa shape index (κ3) is 3.49. The van der Waals surface area contributed by atoms with E-state index in [2.05, 4.69) is 48.1 Å². The molecule has 4 saturated carbocycles. The third-order valence-electron chi connectivity index (χ3n) is 11.9. The number of carbonyl (C=O) groups excluding carboxylic acids is 2. The molecule has 0 radical (unpaired) electrons. The lowest BCUT2D eigenvalue weighted by Gasteiger charge is -2.57. The molecule has 180 valence electrons. The van der Waals surface area contributed by atoms with Crippen molar-refractivity contribution in [2.75, 3.05) is 0 Å². The molecule has 8 atom stereocenters. The Kier molecular flexibility index (Phi) is 6.12. The Balaban J connectivity index is 1.70. The Hall–Kier alpha value is -0.920. The van der Waals surface area contributed by atoms with Gasteiger partial charge in [-0.05, 0) is 105 Å². The van der Waals surface area contributed by atoms with Crippen LogP contribution in [0.25, 0.3) is 0 Å². The monoisotopic (exact) mass is 440 g/mol. The van der Waals surface area contributed by atoms with E-state index in [1.807, 2.05) is 0 Å². The largest absolute Gasteiger partial charge is 0.303 e.